The fraction of sp³-hybridized carbons (Fsp3) is 0.636. The van der Waals surface area contributed by atoms with Gasteiger partial charge in [0.2, 0.25) is 0 Å². The molecule has 0 unspecified atom stereocenters. The Labute approximate surface area is 101 Å². The van der Waals surface area contributed by atoms with Crippen LogP contribution in [0.25, 0.3) is 0 Å². The summed E-state index contributed by atoms with van der Waals surface area (Å²) in [6, 6.07) is 3.47. The van der Waals surface area contributed by atoms with Gasteiger partial charge in [-0.3, -0.25) is 0 Å². The predicted molar refractivity (Wildman–Crippen MR) is 66.1 cm³/mol. The fourth-order valence-corrected chi connectivity index (χ4v) is 4.71. The molecule has 0 atom stereocenters. The monoisotopic (exact) mass is 259 g/mol. The predicted octanol–water partition coefficient (Wildman–Crippen LogP) is 2.56. The van der Waals surface area contributed by atoms with Crippen molar-refractivity contribution in [2.45, 2.75) is 30.4 Å². The number of hydrogen-bond acceptors (Lipinski definition) is 3. The second-order valence-electron chi connectivity index (χ2n) is 4.19. The second-order valence-corrected chi connectivity index (χ2v) is 7.30. The maximum atomic E-state index is 12.2. The molecule has 1 aliphatic rings. The Morgan fingerprint density at radius 2 is 2.12 bits per heavy atom. The van der Waals surface area contributed by atoms with Gasteiger partial charge >= 0.3 is 0 Å². The molecular weight excluding hydrogens is 242 g/mol. The van der Waals surface area contributed by atoms with Crippen LogP contribution in [0.4, 0.5) is 0 Å². The van der Waals surface area contributed by atoms with Crippen molar-refractivity contribution >= 4 is 21.4 Å². The molecule has 0 saturated carbocycles. The summed E-state index contributed by atoms with van der Waals surface area (Å²) in [6.07, 6.45) is 3.16. The molecule has 0 spiro atoms. The molecule has 1 aromatic heterocycles. The maximum Gasteiger partial charge on any atom is 0.252 e. The van der Waals surface area contributed by atoms with Gasteiger partial charge in [-0.05, 0) is 30.2 Å². The molecule has 0 amide bonds. The Balaban J connectivity index is 2.09. The second kappa shape index (κ2) is 4.85. The van der Waals surface area contributed by atoms with Crippen LogP contribution in [-0.2, 0) is 10.0 Å². The van der Waals surface area contributed by atoms with Crippen LogP contribution >= 0.6 is 11.3 Å². The average Bonchev–Trinajstić information content (AvgIpc) is 2.83. The molecule has 1 aliphatic heterocycles. The van der Waals surface area contributed by atoms with E-state index in [0.717, 1.165) is 19.3 Å². The van der Waals surface area contributed by atoms with E-state index in [2.05, 4.69) is 6.92 Å². The van der Waals surface area contributed by atoms with Crippen molar-refractivity contribution in [2.24, 2.45) is 5.92 Å². The van der Waals surface area contributed by atoms with Gasteiger partial charge in [0, 0.05) is 13.1 Å². The van der Waals surface area contributed by atoms with Crippen molar-refractivity contribution < 1.29 is 8.42 Å². The van der Waals surface area contributed by atoms with E-state index in [-0.39, 0.29) is 0 Å². The first-order valence-electron chi connectivity index (χ1n) is 5.68. The van der Waals surface area contributed by atoms with Crippen molar-refractivity contribution in [1.29, 1.82) is 0 Å². The molecule has 0 bridgehead atoms. The van der Waals surface area contributed by atoms with E-state index in [0.29, 0.717) is 23.2 Å². The number of hydrogen-bond donors (Lipinski definition) is 0. The Bertz CT molecular complexity index is 417. The minimum absolute atomic E-state index is 0.474. The lowest BCUT2D eigenvalue weighted by atomic mass is 9.96. The Morgan fingerprint density at radius 3 is 2.62 bits per heavy atom. The number of rotatable bonds is 3. The zero-order valence-corrected chi connectivity index (χ0v) is 11.1. The highest BCUT2D eigenvalue weighted by molar-refractivity contribution is 7.91. The normalized spacial score (nSPS) is 20.1. The molecule has 1 saturated heterocycles. The van der Waals surface area contributed by atoms with E-state index in [4.69, 9.17) is 0 Å². The largest absolute Gasteiger partial charge is 0.252 e. The lowest BCUT2D eigenvalue weighted by molar-refractivity contribution is 0.269. The summed E-state index contributed by atoms with van der Waals surface area (Å²) in [5, 5.41) is 1.81. The summed E-state index contributed by atoms with van der Waals surface area (Å²) in [5.41, 5.74) is 0. The van der Waals surface area contributed by atoms with Crippen LogP contribution in [0.2, 0.25) is 0 Å². The number of sulfonamides is 1. The molecule has 0 radical (unpaired) electrons. The van der Waals surface area contributed by atoms with Crippen LogP contribution < -0.4 is 0 Å². The first kappa shape index (κ1) is 12.1. The van der Waals surface area contributed by atoms with E-state index in [1.165, 1.54) is 11.3 Å². The highest BCUT2D eigenvalue weighted by Crippen LogP contribution is 2.27. The molecule has 5 heteroatoms. The molecule has 0 N–H and O–H groups in total. The Hall–Kier alpha value is -0.390. The van der Waals surface area contributed by atoms with E-state index >= 15 is 0 Å². The first-order chi connectivity index (χ1) is 7.64. The molecule has 3 nitrogen and oxygen atoms in total. The molecule has 0 aromatic carbocycles. The smallest absolute Gasteiger partial charge is 0.206 e. The Kier molecular flexibility index (Phi) is 3.66. The number of thiophene rings is 1. The van der Waals surface area contributed by atoms with Gasteiger partial charge in [0.05, 0.1) is 0 Å². The number of nitrogens with zero attached hydrogens (tertiary/aromatic N) is 1. The lowest BCUT2D eigenvalue weighted by Crippen LogP contribution is -2.37. The average molecular weight is 259 g/mol. The van der Waals surface area contributed by atoms with Crippen LogP contribution in [0.3, 0.4) is 0 Å². The van der Waals surface area contributed by atoms with Gasteiger partial charge < -0.3 is 0 Å². The third-order valence-electron chi connectivity index (χ3n) is 3.24. The summed E-state index contributed by atoms with van der Waals surface area (Å²) >= 11 is 1.30. The van der Waals surface area contributed by atoms with Crippen molar-refractivity contribution in [2.75, 3.05) is 13.1 Å². The third kappa shape index (κ3) is 2.31. The van der Waals surface area contributed by atoms with Crippen LogP contribution in [0.1, 0.15) is 26.2 Å². The van der Waals surface area contributed by atoms with Crippen LogP contribution in [0.5, 0.6) is 0 Å². The maximum absolute atomic E-state index is 12.2. The minimum Gasteiger partial charge on any atom is -0.206 e. The van der Waals surface area contributed by atoms with Crippen molar-refractivity contribution in [3.63, 3.8) is 0 Å². The number of piperidine rings is 1. The topological polar surface area (TPSA) is 37.4 Å². The molecule has 1 fully saturated rings. The minimum atomic E-state index is -3.20. The Morgan fingerprint density at radius 1 is 1.44 bits per heavy atom. The van der Waals surface area contributed by atoms with Crippen LogP contribution in [-0.4, -0.2) is 25.8 Å². The van der Waals surface area contributed by atoms with Gasteiger partial charge in [-0.15, -0.1) is 11.3 Å². The fourth-order valence-electron chi connectivity index (χ4n) is 2.10. The van der Waals surface area contributed by atoms with E-state index in [1.54, 1.807) is 16.4 Å². The zero-order chi connectivity index (χ0) is 11.6. The molecule has 2 heterocycles. The molecular formula is C11H17NO2S2. The quantitative estimate of drug-likeness (QED) is 0.836. The standard InChI is InChI=1S/C11H17NO2S2/c1-2-10-5-7-12(8-6-10)16(13,14)11-4-3-9-15-11/h3-4,9-10H,2,5-8H2,1H3. The molecule has 16 heavy (non-hydrogen) atoms. The molecule has 2 rings (SSSR count). The lowest BCUT2D eigenvalue weighted by Gasteiger charge is -2.30. The van der Waals surface area contributed by atoms with Crippen molar-refractivity contribution in [3.8, 4) is 0 Å². The van der Waals surface area contributed by atoms with E-state index in [1.807, 2.05) is 5.38 Å². The summed E-state index contributed by atoms with van der Waals surface area (Å²) < 4.78 is 26.5. The highest BCUT2D eigenvalue weighted by Gasteiger charge is 2.29. The molecule has 1 aromatic rings. The first-order valence-corrected chi connectivity index (χ1v) is 8.00. The highest BCUT2D eigenvalue weighted by atomic mass is 32.2. The van der Waals surface area contributed by atoms with Crippen molar-refractivity contribution in [1.82, 2.24) is 4.31 Å². The van der Waals surface area contributed by atoms with Crippen molar-refractivity contribution in [3.05, 3.63) is 17.5 Å². The summed E-state index contributed by atoms with van der Waals surface area (Å²) in [5.74, 6) is 0.704. The van der Waals surface area contributed by atoms with Gasteiger partial charge in [0.1, 0.15) is 4.21 Å². The van der Waals surface area contributed by atoms with Gasteiger partial charge in [0.15, 0.2) is 0 Å². The van der Waals surface area contributed by atoms with Crippen LogP contribution in [0, 0.1) is 5.92 Å². The summed E-state index contributed by atoms with van der Waals surface area (Å²) in [7, 11) is -3.20. The van der Waals surface area contributed by atoms with E-state index in [9.17, 15) is 8.42 Å². The molecule has 90 valence electrons. The third-order valence-corrected chi connectivity index (χ3v) is 6.51. The zero-order valence-electron chi connectivity index (χ0n) is 9.43. The van der Waals surface area contributed by atoms with Gasteiger partial charge in [-0.1, -0.05) is 19.4 Å². The summed E-state index contributed by atoms with van der Waals surface area (Å²) in [6.45, 7) is 3.53. The van der Waals surface area contributed by atoms with Gasteiger partial charge in [-0.2, -0.15) is 4.31 Å². The molecule has 0 aliphatic carbocycles. The van der Waals surface area contributed by atoms with E-state index < -0.39 is 10.0 Å². The van der Waals surface area contributed by atoms with Crippen LogP contribution in [0.15, 0.2) is 21.7 Å². The summed E-state index contributed by atoms with van der Waals surface area (Å²) in [4.78, 5) is 0. The SMILES string of the molecule is CCC1CCN(S(=O)(=O)c2cccs2)CC1. The van der Waals surface area contributed by atoms with Gasteiger partial charge in [-0.25, -0.2) is 8.42 Å². The van der Waals surface area contributed by atoms with Gasteiger partial charge in [0.25, 0.3) is 10.0 Å².